The van der Waals surface area contributed by atoms with E-state index in [0.717, 1.165) is 0 Å². The molecule has 50 valence electrons. The fourth-order valence-corrected chi connectivity index (χ4v) is 0.519. The molecule has 0 rings (SSSR count). The Kier molecular flexibility index (Phi) is 2.64. The third-order valence-electron chi connectivity index (χ3n) is 0.933. The predicted octanol–water partition coefficient (Wildman–Crippen LogP) is 0.00700. The lowest BCUT2D eigenvalue weighted by Gasteiger charge is -1.92. The summed E-state index contributed by atoms with van der Waals surface area (Å²) >= 11 is 0. The number of amides is 1. The molecule has 0 fully saturated rings. The highest BCUT2D eigenvalue weighted by atomic mass is 16.2. The van der Waals surface area contributed by atoms with Crippen molar-refractivity contribution < 1.29 is 9.59 Å². The number of Topliss-reactive ketones (excluding diaryl/α,β-unsaturated/α-hetero) is 1. The van der Waals surface area contributed by atoms with Crippen molar-refractivity contribution in [2.24, 2.45) is 5.73 Å². The lowest BCUT2D eigenvalue weighted by Crippen LogP contribution is -2.18. The molecule has 9 heavy (non-hydrogen) atoms. The molecule has 3 nitrogen and oxygen atoms in total. The first-order chi connectivity index (χ1) is 4.09. The Morgan fingerprint density at radius 2 is 1.89 bits per heavy atom. The second-order valence-corrected chi connectivity index (χ2v) is 1.62. The standard InChI is InChI=1S/C6H9NO2/c1-3-5(4(2)8)6(7)9/h3H,1-2H3,(H2,7,9)/b5-3-. The summed E-state index contributed by atoms with van der Waals surface area (Å²) in [6.45, 7) is 2.90. The number of carbonyl (C=O) groups is 2. The molecule has 0 saturated carbocycles. The van der Waals surface area contributed by atoms with E-state index in [4.69, 9.17) is 5.73 Å². The lowest BCUT2D eigenvalue weighted by molar-refractivity contribution is -0.119. The topological polar surface area (TPSA) is 60.2 Å². The van der Waals surface area contributed by atoms with Crippen LogP contribution in [0.1, 0.15) is 13.8 Å². The number of allylic oxidation sites excluding steroid dienone is 1. The van der Waals surface area contributed by atoms with Crippen LogP contribution >= 0.6 is 0 Å². The maximum atomic E-state index is 10.4. The van der Waals surface area contributed by atoms with Crippen molar-refractivity contribution >= 4 is 11.7 Å². The zero-order chi connectivity index (χ0) is 7.44. The van der Waals surface area contributed by atoms with Crippen LogP contribution in [-0.2, 0) is 9.59 Å². The smallest absolute Gasteiger partial charge is 0.251 e. The maximum absolute atomic E-state index is 10.4. The Labute approximate surface area is 53.5 Å². The van der Waals surface area contributed by atoms with Crippen molar-refractivity contribution in [1.29, 1.82) is 0 Å². The van der Waals surface area contributed by atoms with Crippen LogP contribution < -0.4 is 5.73 Å². The molecule has 0 aromatic carbocycles. The van der Waals surface area contributed by atoms with Gasteiger partial charge in [-0.25, -0.2) is 0 Å². The second-order valence-electron chi connectivity index (χ2n) is 1.62. The third kappa shape index (κ3) is 2.08. The normalized spacial score (nSPS) is 11.1. The van der Waals surface area contributed by atoms with E-state index in [-0.39, 0.29) is 11.4 Å². The van der Waals surface area contributed by atoms with Gasteiger partial charge < -0.3 is 5.73 Å². The molecule has 0 unspecified atom stereocenters. The van der Waals surface area contributed by atoms with E-state index in [0.29, 0.717) is 0 Å². The first-order valence-corrected chi connectivity index (χ1v) is 2.56. The Bertz CT molecular complexity index is 154. The number of nitrogens with two attached hydrogens (primary N) is 1. The highest BCUT2D eigenvalue weighted by molar-refractivity contribution is 6.17. The van der Waals surface area contributed by atoms with E-state index in [9.17, 15) is 9.59 Å². The average molecular weight is 127 g/mol. The molecule has 0 spiro atoms. The Balaban J connectivity index is 4.38. The van der Waals surface area contributed by atoms with Gasteiger partial charge in [0.25, 0.3) is 5.91 Å². The highest BCUT2D eigenvalue weighted by Crippen LogP contribution is 1.92. The quantitative estimate of drug-likeness (QED) is 0.322. The Morgan fingerprint density at radius 1 is 1.44 bits per heavy atom. The van der Waals surface area contributed by atoms with E-state index >= 15 is 0 Å². The summed E-state index contributed by atoms with van der Waals surface area (Å²) in [7, 11) is 0. The summed E-state index contributed by atoms with van der Waals surface area (Å²) in [5, 5.41) is 0. The fraction of sp³-hybridized carbons (Fsp3) is 0.333. The third-order valence-corrected chi connectivity index (χ3v) is 0.933. The predicted molar refractivity (Wildman–Crippen MR) is 33.6 cm³/mol. The molecular weight excluding hydrogens is 118 g/mol. The van der Waals surface area contributed by atoms with Gasteiger partial charge in [0.2, 0.25) is 0 Å². The molecule has 0 aliphatic heterocycles. The van der Waals surface area contributed by atoms with Crippen LogP contribution in [0.15, 0.2) is 11.6 Å². The van der Waals surface area contributed by atoms with Gasteiger partial charge in [0.15, 0.2) is 5.78 Å². The van der Waals surface area contributed by atoms with E-state index in [2.05, 4.69) is 0 Å². The minimum Gasteiger partial charge on any atom is -0.365 e. The van der Waals surface area contributed by atoms with Gasteiger partial charge in [-0.15, -0.1) is 0 Å². The van der Waals surface area contributed by atoms with Crippen LogP contribution in [-0.4, -0.2) is 11.7 Å². The van der Waals surface area contributed by atoms with Gasteiger partial charge in [0.05, 0.1) is 5.57 Å². The molecule has 0 bridgehead atoms. The Morgan fingerprint density at radius 3 is 1.89 bits per heavy atom. The summed E-state index contributed by atoms with van der Waals surface area (Å²) in [5.74, 6) is -0.949. The molecule has 0 radical (unpaired) electrons. The van der Waals surface area contributed by atoms with Crippen LogP contribution in [0.5, 0.6) is 0 Å². The van der Waals surface area contributed by atoms with Crippen LogP contribution in [0.2, 0.25) is 0 Å². The van der Waals surface area contributed by atoms with E-state index in [1.54, 1.807) is 6.92 Å². The van der Waals surface area contributed by atoms with Crippen LogP contribution in [0, 0.1) is 0 Å². The number of carbonyl (C=O) groups excluding carboxylic acids is 2. The SMILES string of the molecule is C/C=C(/C(C)=O)C(N)=O. The van der Waals surface area contributed by atoms with Crippen molar-refractivity contribution in [2.45, 2.75) is 13.8 Å². The van der Waals surface area contributed by atoms with Crippen LogP contribution in [0.4, 0.5) is 0 Å². The van der Waals surface area contributed by atoms with Crippen molar-refractivity contribution in [1.82, 2.24) is 0 Å². The van der Waals surface area contributed by atoms with E-state index in [1.165, 1.54) is 13.0 Å². The summed E-state index contributed by atoms with van der Waals surface area (Å²) < 4.78 is 0. The maximum Gasteiger partial charge on any atom is 0.251 e. The molecule has 0 heterocycles. The van der Waals surface area contributed by atoms with Crippen LogP contribution in [0.25, 0.3) is 0 Å². The van der Waals surface area contributed by atoms with Gasteiger partial charge in [-0.3, -0.25) is 9.59 Å². The number of primary amides is 1. The van der Waals surface area contributed by atoms with Crippen molar-refractivity contribution in [3.63, 3.8) is 0 Å². The van der Waals surface area contributed by atoms with Gasteiger partial charge in [-0.1, -0.05) is 6.08 Å². The minimum atomic E-state index is -0.662. The summed E-state index contributed by atoms with van der Waals surface area (Å²) in [6.07, 6.45) is 1.41. The minimum absolute atomic E-state index is 0.0648. The Hall–Kier alpha value is -1.12. The molecule has 0 saturated heterocycles. The highest BCUT2D eigenvalue weighted by Gasteiger charge is 2.06. The fourth-order valence-electron chi connectivity index (χ4n) is 0.519. The molecule has 0 atom stereocenters. The van der Waals surface area contributed by atoms with Gasteiger partial charge in [-0.05, 0) is 13.8 Å². The molecular formula is C6H9NO2. The van der Waals surface area contributed by atoms with Gasteiger partial charge in [0.1, 0.15) is 0 Å². The van der Waals surface area contributed by atoms with Crippen molar-refractivity contribution in [2.75, 3.05) is 0 Å². The summed E-state index contributed by atoms with van der Waals surface area (Å²) in [4.78, 5) is 20.8. The number of hydrogen-bond acceptors (Lipinski definition) is 2. The first kappa shape index (κ1) is 7.88. The largest absolute Gasteiger partial charge is 0.365 e. The second kappa shape index (κ2) is 3.02. The summed E-state index contributed by atoms with van der Waals surface area (Å²) in [5.41, 5.74) is 4.88. The zero-order valence-corrected chi connectivity index (χ0v) is 5.47. The monoisotopic (exact) mass is 127 g/mol. The number of rotatable bonds is 2. The molecule has 3 heteroatoms. The average Bonchev–Trinajstić information content (AvgIpc) is 1.64. The van der Waals surface area contributed by atoms with E-state index < -0.39 is 5.91 Å². The van der Waals surface area contributed by atoms with Gasteiger partial charge >= 0.3 is 0 Å². The molecule has 0 aromatic rings. The molecule has 2 N–H and O–H groups in total. The van der Waals surface area contributed by atoms with Crippen molar-refractivity contribution in [3.8, 4) is 0 Å². The van der Waals surface area contributed by atoms with E-state index in [1.807, 2.05) is 0 Å². The number of hydrogen-bond donors (Lipinski definition) is 1. The summed E-state index contributed by atoms with van der Waals surface area (Å²) in [6, 6.07) is 0. The lowest BCUT2D eigenvalue weighted by atomic mass is 10.2. The first-order valence-electron chi connectivity index (χ1n) is 2.56. The van der Waals surface area contributed by atoms with Gasteiger partial charge in [-0.2, -0.15) is 0 Å². The molecule has 0 aliphatic rings. The van der Waals surface area contributed by atoms with Gasteiger partial charge in [0, 0.05) is 0 Å². The number of ketones is 1. The molecule has 0 aliphatic carbocycles. The van der Waals surface area contributed by atoms with Crippen LogP contribution in [0.3, 0.4) is 0 Å². The van der Waals surface area contributed by atoms with Crippen molar-refractivity contribution in [3.05, 3.63) is 11.6 Å². The molecule has 1 amide bonds. The molecule has 0 aromatic heterocycles. The zero-order valence-electron chi connectivity index (χ0n) is 5.47.